The Bertz CT molecular complexity index is 251. The molecule has 1 unspecified atom stereocenters. The summed E-state index contributed by atoms with van der Waals surface area (Å²) in [7, 11) is 0. The second kappa shape index (κ2) is 12.4. The molecule has 0 aliphatic heterocycles. The third-order valence-electron chi connectivity index (χ3n) is 2.30. The molecule has 5 heteroatoms. The molecule has 0 saturated carbocycles. The molecule has 0 bridgehead atoms. The first-order valence-electron chi connectivity index (χ1n) is 5.69. The molecule has 0 saturated heterocycles. The van der Waals surface area contributed by atoms with Gasteiger partial charge in [-0.1, -0.05) is 38.3 Å². The van der Waals surface area contributed by atoms with Crippen molar-refractivity contribution in [3.8, 4) is 0 Å². The second-order valence-electron chi connectivity index (χ2n) is 3.82. The van der Waals surface area contributed by atoms with Crippen molar-refractivity contribution >= 4 is 49.7 Å². The Morgan fingerprint density at radius 3 is 2.29 bits per heavy atom. The molecule has 0 aromatic carbocycles. The van der Waals surface area contributed by atoms with Crippen molar-refractivity contribution in [1.29, 1.82) is 0 Å². The van der Waals surface area contributed by atoms with Crippen LogP contribution in [0.5, 0.6) is 0 Å². The standard InChI is InChI=1S/C12H20O4.Ca.2H/c1-2-3-4-5-6-7-8-10(12(15)16)9-11(13)14;;;/h7-8,10H,2-6,9H2,1H3,(H,13,14)(H,15,16);;;. The minimum absolute atomic E-state index is 0. The van der Waals surface area contributed by atoms with Crippen molar-refractivity contribution < 1.29 is 19.8 Å². The third-order valence-corrected chi connectivity index (χ3v) is 2.30. The molecule has 0 amide bonds. The summed E-state index contributed by atoms with van der Waals surface area (Å²) in [6.45, 7) is 2.13. The molecule has 2 N–H and O–H groups in total. The number of rotatable bonds is 9. The van der Waals surface area contributed by atoms with Crippen LogP contribution in [-0.2, 0) is 9.59 Å². The van der Waals surface area contributed by atoms with Crippen LogP contribution >= 0.6 is 0 Å². The number of hydrogen-bond acceptors (Lipinski definition) is 2. The van der Waals surface area contributed by atoms with E-state index in [1.165, 1.54) is 18.9 Å². The summed E-state index contributed by atoms with van der Waals surface area (Å²) >= 11 is 0. The Balaban J connectivity index is 0. The van der Waals surface area contributed by atoms with Crippen molar-refractivity contribution in [2.75, 3.05) is 0 Å². The van der Waals surface area contributed by atoms with Crippen LogP contribution in [0.25, 0.3) is 0 Å². The number of aliphatic carboxylic acids is 2. The molecule has 1 atom stereocenters. The normalized spacial score (nSPS) is 12.1. The summed E-state index contributed by atoms with van der Waals surface area (Å²) < 4.78 is 0. The Hall–Kier alpha value is -0.0603. The van der Waals surface area contributed by atoms with Gasteiger partial charge in [0.05, 0.1) is 12.3 Å². The fourth-order valence-corrected chi connectivity index (χ4v) is 1.38. The monoisotopic (exact) mass is 270 g/mol. The molecule has 0 rings (SSSR count). The molecule has 17 heavy (non-hydrogen) atoms. The van der Waals surface area contributed by atoms with Crippen molar-refractivity contribution in [3.05, 3.63) is 12.2 Å². The maximum absolute atomic E-state index is 10.7. The first kappa shape index (κ1) is 19.3. The maximum atomic E-state index is 10.7. The van der Waals surface area contributed by atoms with Gasteiger partial charge >= 0.3 is 49.7 Å². The molecule has 0 aliphatic carbocycles. The zero-order valence-electron chi connectivity index (χ0n) is 9.69. The fraction of sp³-hybridized carbons (Fsp3) is 0.667. The van der Waals surface area contributed by atoms with Crippen molar-refractivity contribution in [1.82, 2.24) is 0 Å². The van der Waals surface area contributed by atoms with Crippen LogP contribution in [0.2, 0.25) is 0 Å². The first-order chi connectivity index (χ1) is 7.57. The topological polar surface area (TPSA) is 74.6 Å². The van der Waals surface area contributed by atoms with Crippen molar-refractivity contribution in [2.45, 2.75) is 45.4 Å². The number of hydrogen-bond donors (Lipinski definition) is 2. The fourth-order valence-electron chi connectivity index (χ4n) is 1.38. The van der Waals surface area contributed by atoms with E-state index < -0.39 is 17.9 Å². The molecular weight excluding hydrogens is 248 g/mol. The van der Waals surface area contributed by atoms with Gasteiger partial charge in [0.25, 0.3) is 0 Å². The van der Waals surface area contributed by atoms with Gasteiger partial charge in [-0.05, 0) is 12.8 Å². The van der Waals surface area contributed by atoms with E-state index in [2.05, 4.69) is 6.92 Å². The minimum atomic E-state index is -1.08. The van der Waals surface area contributed by atoms with E-state index in [1.54, 1.807) is 6.08 Å². The SMILES string of the molecule is CCCCCCC=CC(CC(=O)O)C(=O)O.[CaH2]. The van der Waals surface area contributed by atoms with Crippen LogP contribution in [0.3, 0.4) is 0 Å². The van der Waals surface area contributed by atoms with Crippen LogP contribution in [0, 0.1) is 5.92 Å². The Kier molecular flexibility index (Phi) is 14.1. The molecule has 0 heterocycles. The number of carboxylic acid groups (broad SMARTS) is 2. The molecule has 4 nitrogen and oxygen atoms in total. The zero-order valence-corrected chi connectivity index (χ0v) is 9.69. The molecule has 0 radical (unpaired) electrons. The van der Waals surface area contributed by atoms with Gasteiger partial charge in [0.15, 0.2) is 0 Å². The van der Waals surface area contributed by atoms with Crippen LogP contribution < -0.4 is 0 Å². The summed E-state index contributed by atoms with van der Waals surface area (Å²) in [5, 5.41) is 17.3. The van der Waals surface area contributed by atoms with Crippen LogP contribution in [-0.4, -0.2) is 59.9 Å². The predicted molar refractivity (Wildman–Crippen MR) is 69.8 cm³/mol. The number of carboxylic acids is 2. The van der Waals surface area contributed by atoms with Gasteiger partial charge in [-0.25, -0.2) is 0 Å². The van der Waals surface area contributed by atoms with E-state index in [0.29, 0.717) is 0 Å². The molecule has 0 aliphatic rings. The summed E-state index contributed by atoms with van der Waals surface area (Å²) in [5.41, 5.74) is 0. The van der Waals surface area contributed by atoms with E-state index in [9.17, 15) is 9.59 Å². The van der Waals surface area contributed by atoms with Gasteiger partial charge in [-0.15, -0.1) is 0 Å². The zero-order chi connectivity index (χ0) is 12.4. The Labute approximate surface area is 132 Å². The van der Waals surface area contributed by atoms with Crippen molar-refractivity contribution in [3.63, 3.8) is 0 Å². The van der Waals surface area contributed by atoms with Gasteiger partial charge in [0.2, 0.25) is 0 Å². The average Bonchev–Trinajstić information content (AvgIpc) is 2.20. The Morgan fingerprint density at radius 1 is 1.18 bits per heavy atom. The summed E-state index contributed by atoms with van der Waals surface area (Å²) in [6.07, 6.45) is 8.26. The molecule has 0 aromatic rings. The van der Waals surface area contributed by atoms with Gasteiger partial charge < -0.3 is 10.2 Å². The van der Waals surface area contributed by atoms with E-state index >= 15 is 0 Å². The quantitative estimate of drug-likeness (QED) is 0.380. The molecule has 0 aromatic heterocycles. The predicted octanol–water partition coefficient (Wildman–Crippen LogP) is 1.77. The van der Waals surface area contributed by atoms with Gasteiger partial charge in [0.1, 0.15) is 0 Å². The van der Waals surface area contributed by atoms with E-state index in [1.807, 2.05) is 0 Å². The number of carbonyl (C=O) groups is 2. The van der Waals surface area contributed by atoms with Gasteiger partial charge in [-0.3, -0.25) is 9.59 Å². The number of unbranched alkanes of at least 4 members (excludes halogenated alkanes) is 4. The third kappa shape index (κ3) is 12.2. The summed E-state index contributed by atoms with van der Waals surface area (Å²) in [6, 6.07) is 0. The van der Waals surface area contributed by atoms with Crippen LogP contribution in [0.15, 0.2) is 12.2 Å². The van der Waals surface area contributed by atoms with Gasteiger partial charge in [-0.2, -0.15) is 0 Å². The van der Waals surface area contributed by atoms with Crippen LogP contribution in [0.4, 0.5) is 0 Å². The van der Waals surface area contributed by atoms with E-state index in [-0.39, 0.29) is 44.2 Å². The molecule has 0 fully saturated rings. The average molecular weight is 270 g/mol. The van der Waals surface area contributed by atoms with E-state index in [0.717, 1.165) is 19.3 Å². The Morgan fingerprint density at radius 2 is 1.82 bits per heavy atom. The second-order valence-corrected chi connectivity index (χ2v) is 3.82. The first-order valence-corrected chi connectivity index (χ1v) is 5.69. The molecule has 0 spiro atoms. The summed E-state index contributed by atoms with van der Waals surface area (Å²) in [4.78, 5) is 21.1. The summed E-state index contributed by atoms with van der Waals surface area (Å²) in [5.74, 6) is -3.06. The van der Waals surface area contributed by atoms with E-state index in [4.69, 9.17) is 10.2 Å². The van der Waals surface area contributed by atoms with Crippen molar-refractivity contribution in [2.24, 2.45) is 5.92 Å². The van der Waals surface area contributed by atoms with Gasteiger partial charge in [0, 0.05) is 0 Å². The van der Waals surface area contributed by atoms with Crippen LogP contribution in [0.1, 0.15) is 45.4 Å². The molecule has 96 valence electrons. The molecular formula is C12H22CaO4. The number of allylic oxidation sites excluding steroid dienone is 1.